The summed E-state index contributed by atoms with van der Waals surface area (Å²) in [5, 5.41) is 9.63. The van der Waals surface area contributed by atoms with Crippen molar-refractivity contribution < 1.29 is 38.2 Å². The zero-order valence-electron chi connectivity index (χ0n) is 38.4. The third-order valence-electron chi connectivity index (χ3n) is 10.1. The average molecular weight is 827 g/mol. The molecule has 0 heterocycles. The fourth-order valence-electron chi connectivity index (χ4n) is 6.53. The molecule has 0 rings (SSSR count). The monoisotopic (exact) mass is 827 g/mol. The Kier molecular flexibility index (Phi) is 39.2. The summed E-state index contributed by atoms with van der Waals surface area (Å²) in [7, 11) is 5.52. The Bertz CT molecular complexity index is 1190. The lowest BCUT2D eigenvalue weighted by Crippen LogP contribution is -2.50. The van der Waals surface area contributed by atoms with Gasteiger partial charge in [-0.25, -0.2) is 4.79 Å². The fraction of sp³-hybridized carbons (Fsp3) is 0.706. The number of quaternary nitrogens is 1. The van der Waals surface area contributed by atoms with Crippen molar-refractivity contribution in [2.45, 2.75) is 193 Å². The summed E-state index contributed by atoms with van der Waals surface area (Å²) in [6, 6.07) is -0.621. The zero-order valence-corrected chi connectivity index (χ0v) is 38.4. The van der Waals surface area contributed by atoms with Crippen LogP contribution in [0.15, 0.2) is 72.9 Å². The molecule has 0 bridgehead atoms. The molecular weight excluding hydrogens is 739 g/mol. The predicted octanol–water partition coefficient (Wildman–Crippen LogP) is 13.1. The predicted molar refractivity (Wildman–Crippen MR) is 247 cm³/mol. The van der Waals surface area contributed by atoms with Crippen LogP contribution >= 0.6 is 0 Å². The van der Waals surface area contributed by atoms with E-state index in [1.807, 2.05) is 21.1 Å². The Labute approximate surface area is 361 Å². The van der Waals surface area contributed by atoms with Crippen molar-refractivity contribution in [2.24, 2.45) is 0 Å². The summed E-state index contributed by atoms with van der Waals surface area (Å²) in [5.41, 5.74) is 0. The lowest BCUT2D eigenvalue weighted by atomic mass is 10.0. The molecule has 0 amide bonds. The molecule has 0 aromatic carbocycles. The summed E-state index contributed by atoms with van der Waals surface area (Å²) in [4.78, 5) is 37.0. The maximum Gasteiger partial charge on any atom is 0.362 e. The smallest absolute Gasteiger partial charge is 0.362 e. The van der Waals surface area contributed by atoms with Gasteiger partial charge in [-0.3, -0.25) is 9.59 Å². The van der Waals surface area contributed by atoms with Crippen LogP contribution in [-0.2, 0) is 28.6 Å². The van der Waals surface area contributed by atoms with E-state index in [2.05, 4.69) is 86.8 Å². The minimum absolute atomic E-state index is 0.0498. The molecule has 59 heavy (non-hydrogen) atoms. The van der Waals surface area contributed by atoms with Crippen LogP contribution in [0, 0.1) is 0 Å². The molecule has 0 saturated carbocycles. The van der Waals surface area contributed by atoms with Crippen molar-refractivity contribution in [1.29, 1.82) is 0 Å². The molecule has 0 aliphatic carbocycles. The minimum Gasteiger partial charge on any atom is -0.477 e. The molecule has 0 aliphatic heterocycles. The number of esters is 2. The van der Waals surface area contributed by atoms with E-state index in [4.69, 9.17) is 14.2 Å². The van der Waals surface area contributed by atoms with E-state index in [-0.39, 0.29) is 36.2 Å². The maximum atomic E-state index is 12.8. The number of aliphatic carboxylic acids is 1. The highest BCUT2D eigenvalue weighted by Crippen LogP contribution is 2.14. The Morgan fingerprint density at radius 2 is 0.898 bits per heavy atom. The molecule has 0 aromatic heterocycles. The normalized spacial score (nSPS) is 13.6. The van der Waals surface area contributed by atoms with Crippen molar-refractivity contribution in [2.75, 3.05) is 41.0 Å². The molecule has 8 heteroatoms. The van der Waals surface area contributed by atoms with Gasteiger partial charge in [0.05, 0.1) is 34.4 Å². The third-order valence-corrected chi connectivity index (χ3v) is 10.1. The Morgan fingerprint density at radius 1 is 0.508 bits per heavy atom. The Hall–Kier alpha value is -3.23. The van der Waals surface area contributed by atoms with Crippen molar-refractivity contribution in [3.63, 3.8) is 0 Å². The molecule has 338 valence electrons. The average Bonchev–Trinajstić information content (AvgIpc) is 3.19. The number of rotatable bonds is 41. The number of carboxylic acids is 1. The molecular formula is C51H88NO7+. The molecule has 1 N–H and O–H groups in total. The second kappa shape index (κ2) is 41.5. The molecule has 0 aromatic rings. The molecule has 0 radical (unpaired) electrons. The van der Waals surface area contributed by atoms with E-state index in [1.165, 1.54) is 57.8 Å². The minimum atomic E-state index is -0.881. The highest BCUT2D eigenvalue weighted by Gasteiger charge is 2.31. The Balaban J connectivity index is 4.30. The largest absolute Gasteiger partial charge is 0.477 e. The zero-order chi connectivity index (χ0) is 43.5. The lowest BCUT2D eigenvalue weighted by Gasteiger charge is -2.31. The molecule has 8 nitrogen and oxygen atoms in total. The Morgan fingerprint density at radius 3 is 1.32 bits per heavy atom. The molecule has 2 unspecified atom stereocenters. The number of ether oxygens (including phenoxy) is 3. The first-order chi connectivity index (χ1) is 28.6. The number of unbranched alkanes of at least 4 members (excludes halogenated alkanes) is 15. The topological polar surface area (TPSA) is 99.1 Å². The van der Waals surface area contributed by atoms with Gasteiger partial charge >= 0.3 is 17.9 Å². The van der Waals surface area contributed by atoms with Gasteiger partial charge < -0.3 is 23.8 Å². The number of allylic oxidation sites excluding steroid dienone is 12. The van der Waals surface area contributed by atoms with E-state index < -0.39 is 18.1 Å². The lowest BCUT2D eigenvalue weighted by molar-refractivity contribution is -0.887. The van der Waals surface area contributed by atoms with Crippen LogP contribution in [0.5, 0.6) is 0 Å². The molecule has 0 spiro atoms. The van der Waals surface area contributed by atoms with Gasteiger partial charge in [0.15, 0.2) is 12.1 Å². The van der Waals surface area contributed by atoms with Crippen LogP contribution in [0.1, 0.15) is 181 Å². The van der Waals surface area contributed by atoms with Crippen molar-refractivity contribution >= 4 is 17.9 Å². The van der Waals surface area contributed by atoms with Gasteiger partial charge in [0.2, 0.25) is 0 Å². The van der Waals surface area contributed by atoms with Gasteiger partial charge in [0, 0.05) is 19.3 Å². The highest BCUT2D eigenvalue weighted by atomic mass is 16.6. The summed E-state index contributed by atoms with van der Waals surface area (Å²) in [6.07, 6.45) is 52.3. The number of carbonyl (C=O) groups excluding carboxylic acids is 2. The van der Waals surface area contributed by atoms with Crippen molar-refractivity contribution in [3.05, 3.63) is 72.9 Å². The standard InChI is InChI=1S/C51H87NO7/c1-6-8-10-12-14-16-18-20-22-23-24-25-26-27-28-30-32-34-36-38-40-42-50(54)59-47(45-57-44-43-48(51(55)56)52(3,4)5)46-58-49(53)41-39-37-35-33-31-29-21-19-17-15-13-11-9-7-2/h8-11,14-17,20-22,29,47-48H,6-7,12-13,18-19,23-28,30-46H2,1-5H3/p+1/b10-8+,11-9+,16-14+,17-15+,22-20+,29-21+. The second-order valence-electron chi connectivity index (χ2n) is 16.6. The van der Waals surface area contributed by atoms with E-state index in [0.717, 1.165) is 89.9 Å². The number of carbonyl (C=O) groups is 3. The molecule has 0 fully saturated rings. The van der Waals surface area contributed by atoms with E-state index in [0.29, 0.717) is 19.3 Å². The summed E-state index contributed by atoms with van der Waals surface area (Å²) in [6.45, 7) is 4.48. The van der Waals surface area contributed by atoms with Gasteiger partial charge in [-0.05, 0) is 77.0 Å². The van der Waals surface area contributed by atoms with Crippen molar-refractivity contribution in [3.8, 4) is 0 Å². The number of hydrogen-bond acceptors (Lipinski definition) is 6. The molecule has 0 saturated heterocycles. The van der Waals surface area contributed by atoms with Crippen LogP contribution in [-0.4, -0.2) is 80.6 Å². The van der Waals surface area contributed by atoms with E-state index >= 15 is 0 Å². The quantitative estimate of drug-likeness (QED) is 0.0284. The number of nitrogens with zero attached hydrogens (tertiary/aromatic N) is 1. The van der Waals surface area contributed by atoms with Gasteiger partial charge in [-0.15, -0.1) is 0 Å². The van der Waals surface area contributed by atoms with Gasteiger partial charge in [0.1, 0.15) is 6.61 Å². The van der Waals surface area contributed by atoms with Gasteiger partial charge in [-0.1, -0.05) is 157 Å². The van der Waals surface area contributed by atoms with Crippen LogP contribution in [0.25, 0.3) is 0 Å². The summed E-state index contributed by atoms with van der Waals surface area (Å²) < 4.78 is 17.3. The maximum absolute atomic E-state index is 12.8. The third kappa shape index (κ3) is 40.0. The van der Waals surface area contributed by atoms with E-state index in [1.54, 1.807) is 0 Å². The first-order valence-electron chi connectivity index (χ1n) is 23.5. The summed E-state index contributed by atoms with van der Waals surface area (Å²) >= 11 is 0. The van der Waals surface area contributed by atoms with E-state index in [9.17, 15) is 19.5 Å². The first kappa shape index (κ1) is 55.8. The number of carboxylic acid groups (broad SMARTS) is 1. The SMILES string of the molecule is CC/C=C/C/C=C/C/C=C/CCCCCCCCCCCCCC(=O)OC(COCCC(C(=O)O)[N+](C)(C)C)COC(=O)CCCCCC/C=C/C/C=C/C/C=C/CC. The van der Waals surface area contributed by atoms with Crippen LogP contribution < -0.4 is 0 Å². The number of hydrogen-bond donors (Lipinski definition) is 1. The van der Waals surface area contributed by atoms with Crippen LogP contribution in [0.3, 0.4) is 0 Å². The first-order valence-corrected chi connectivity index (χ1v) is 23.5. The molecule has 0 aliphatic rings. The fourth-order valence-corrected chi connectivity index (χ4v) is 6.53. The molecule has 2 atom stereocenters. The highest BCUT2D eigenvalue weighted by molar-refractivity contribution is 5.72. The van der Waals surface area contributed by atoms with Gasteiger partial charge in [0.25, 0.3) is 0 Å². The summed E-state index contributed by atoms with van der Waals surface area (Å²) in [5.74, 6) is -1.50. The van der Waals surface area contributed by atoms with Crippen LogP contribution in [0.2, 0.25) is 0 Å². The van der Waals surface area contributed by atoms with Gasteiger partial charge in [-0.2, -0.15) is 0 Å². The second-order valence-corrected chi connectivity index (χ2v) is 16.6. The van der Waals surface area contributed by atoms with Crippen LogP contribution in [0.4, 0.5) is 0 Å². The number of likely N-dealkylation sites (N-methyl/N-ethyl adjacent to an activating group) is 1. The van der Waals surface area contributed by atoms with Crippen molar-refractivity contribution in [1.82, 2.24) is 0 Å².